The van der Waals surface area contributed by atoms with Gasteiger partial charge in [-0.15, -0.1) is 0 Å². The van der Waals surface area contributed by atoms with Crippen LogP contribution in [0.15, 0.2) is 143 Å². The third-order valence-electron chi connectivity index (χ3n) is 6.31. The number of anilines is 2. The summed E-state index contributed by atoms with van der Waals surface area (Å²) in [6, 6.07) is 37.7. The van der Waals surface area contributed by atoms with Gasteiger partial charge in [-0.25, -0.2) is 0 Å². The molecular weight excluding hydrogens is 460 g/mol. The standard InChI is InChI=1S/C31H22N4O2/c36-30-26(28(22-13-5-1-6-14-22)32-34(30)24-17-9-3-10-18-24)21-27-29(23-15-7-2-8-16-23)33-35(31(27)37)25-19-11-4-12-20-25/h1-21,26H/b27-21+. The van der Waals surface area contributed by atoms with E-state index in [9.17, 15) is 9.59 Å². The zero-order valence-corrected chi connectivity index (χ0v) is 19.8. The minimum atomic E-state index is -0.758. The summed E-state index contributed by atoms with van der Waals surface area (Å²) >= 11 is 0. The Bertz CT molecular complexity index is 1550. The number of benzene rings is 4. The van der Waals surface area contributed by atoms with Gasteiger partial charge in [0.15, 0.2) is 0 Å². The molecule has 0 spiro atoms. The van der Waals surface area contributed by atoms with E-state index >= 15 is 0 Å². The van der Waals surface area contributed by atoms with Crippen LogP contribution in [-0.4, -0.2) is 23.2 Å². The van der Waals surface area contributed by atoms with E-state index < -0.39 is 5.92 Å². The monoisotopic (exact) mass is 482 g/mol. The number of hydrogen-bond acceptors (Lipinski definition) is 4. The Balaban J connectivity index is 1.48. The van der Waals surface area contributed by atoms with Crippen LogP contribution < -0.4 is 10.0 Å². The summed E-state index contributed by atoms with van der Waals surface area (Å²) in [5.41, 5.74) is 4.41. The number of nitrogens with zero attached hydrogens (tertiary/aromatic N) is 4. The van der Waals surface area contributed by atoms with E-state index in [0.717, 1.165) is 11.1 Å². The van der Waals surface area contributed by atoms with Crippen LogP contribution in [0.4, 0.5) is 11.4 Å². The van der Waals surface area contributed by atoms with Gasteiger partial charge in [0, 0.05) is 5.56 Å². The van der Waals surface area contributed by atoms with Gasteiger partial charge in [0.05, 0.1) is 22.7 Å². The van der Waals surface area contributed by atoms with Gasteiger partial charge in [0.1, 0.15) is 11.6 Å². The van der Waals surface area contributed by atoms with Crippen molar-refractivity contribution in [3.63, 3.8) is 0 Å². The molecule has 2 aliphatic rings. The second-order valence-corrected chi connectivity index (χ2v) is 8.66. The van der Waals surface area contributed by atoms with Gasteiger partial charge in [0.25, 0.3) is 11.8 Å². The molecule has 2 amide bonds. The normalized spacial score (nSPS) is 18.4. The first-order valence-corrected chi connectivity index (χ1v) is 12.0. The van der Waals surface area contributed by atoms with Crippen LogP contribution in [0.2, 0.25) is 0 Å². The van der Waals surface area contributed by atoms with Crippen molar-refractivity contribution in [1.29, 1.82) is 0 Å². The molecule has 6 rings (SSSR count). The number of carbonyl (C=O) groups is 2. The van der Waals surface area contributed by atoms with Gasteiger partial charge in [-0.3, -0.25) is 9.59 Å². The highest BCUT2D eigenvalue weighted by Gasteiger charge is 2.40. The number of hydrazone groups is 2. The Hall–Kier alpha value is -5.10. The fourth-order valence-corrected chi connectivity index (χ4v) is 4.50. The van der Waals surface area contributed by atoms with E-state index in [0.29, 0.717) is 28.4 Å². The Morgan fingerprint density at radius 3 is 1.62 bits per heavy atom. The molecule has 1 atom stereocenters. The van der Waals surface area contributed by atoms with Gasteiger partial charge >= 0.3 is 0 Å². The highest BCUT2D eigenvalue weighted by Crippen LogP contribution is 2.32. The van der Waals surface area contributed by atoms with E-state index in [-0.39, 0.29) is 11.8 Å². The Morgan fingerprint density at radius 2 is 1.05 bits per heavy atom. The predicted molar refractivity (Wildman–Crippen MR) is 145 cm³/mol. The summed E-state index contributed by atoms with van der Waals surface area (Å²) in [4.78, 5) is 27.5. The van der Waals surface area contributed by atoms with E-state index in [1.807, 2.05) is 121 Å². The fourth-order valence-electron chi connectivity index (χ4n) is 4.50. The number of amides is 2. The van der Waals surface area contributed by atoms with Crippen LogP contribution in [0, 0.1) is 5.92 Å². The average molecular weight is 483 g/mol. The van der Waals surface area contributed by atoms with Gasteiger partial charge < -0.3 is 0 Å². The van der Waals surface area contributed by atoms with Gasteiger partial charge in [-0.1, -0.05) is 103 Å². The molecule has 4 aromatic carbocycles. The van der Waals surface area contributed by atoms with Gasteiger partial charge in [0.2, 0.25) is 0 Å². The molecule has 0 saturated heterocycles. The highest BCUT2D eigenvalue weighted by molar-refractivity contribution is 6.36. The number of rotatable bonds is 5. The molecule has 1 unspecified atom stereocenters. The van der Waals surface area contributed by atoms with Crippen molar-refractivity contribution in [3.8, 4) is 0 Å². The third-order valence-corrected chi connectivity index (χ3v) is 6.31. The molecule has 0 aromatic heterocycles. The SMILES string of the molecule is O=C1/C(=C/C2C(=O)N(c3ccccc3)N=C2c2ccccc2)C(c2ccccc2)=NN1c1ccccc1. The number of hydrogen-bond donors (Lipinski definition) is 0. The maximum Gasteiger partial charge on any atom is 0.280 e. The topological polar surface area (TPSA) is 65.3 Å². The van der Waals surface area contributed by atoms with Crippen molar-refractivity contribution in [3.05, 3.63) is 144 Å². The first-order chi connectivity index (χ1) is 18.2. The molecule has 0 aliphatic carbocycles. The van der Waals surface area contributed by atoms with Crippen LogP contribution in [0.5, 0.6) is 0 Å². The summed E-state index contributed by atoms with van der Waals surface area (Å²) in [6.45, 7) is 0. The van der Waals surface area contributed by atoms with Crippen molar-refractivity contribution in [1.82, 2.24) is 0 Å². The molecule has 6 nitrogen and oxygen atoms in total. The molecule has 0 N–H and O–H groups in total. The molecule has 4 aromatic rings. The minimum absolute atomic E-state index is 0.226. The highest BCUT2D eigenvalue weighted by atomic mass is 16.2. The van der Waals surface area contributed by atoms with Crippen LogP contribution in [-0.2, 0) is 9.59 Å². The second-order valence-electron chi connectivity index (χ2n) is 8.66. The lowest BCUT2D eigenvalue weighted by Crippen LogP contribution is -2.28. The number of para-hydroxylation sites is 2. The van der Waals surface area contributed by atoms with Crippen molar-refractivity contribution < 1.29 is 9.59 Å². The smallest absolute Gasteiger partial charge is 0.271 e. The molecule has 6 heteroatoms. The predicted octanol–water partition coefficient (Wildman–Crippen LogP) is 5.43. The second kappa shape index (κ2) is 9.51. The third kappa shape index (κ3) is 4.15. The van der Waals surface area contributed by atoms with E-state index in [1.54, 1.807) is 6.08 Å². The van der Waals surface area contributed by atoms with Crippen molar-refractivity contribution in [2.24, 2.45) is 16.1 Å². The quantitative estimate of drug-likeness (QED) is 0.356. The van der Waals surface area contributed by atoms with Crippen LogP contribution in [0.1, 0.15) is 11.1 Å². The largest absolute Gasteiger partial charge is 0.280 e. The zero-order valence-electron chi connectivity index (χ0n) is 19.8. The molecule has 0 fully saturated rings. The van der Waals surface area contributed by atoms with E-state index in [4.69, 9.17) is 10.2 Å². The maximum atomic E-state index is 13.8. The van der Waals surface area contributed by atoms with Crippen LogP contribution in [0.25, 0.3) is 0 Å². The van der Waals surface area contributed by atoms with Gasteiger partial charge in [-0.2, -0.15) is 20.2 Å². The summed E-state index contributed by atoms with van der Waals surface area (Å²) in [5.74, 6) is -1.27. The average Bonchev–Trinajstić information content (AvgIpc) is 3.47. The van der Waals surface area contributed by atoms with E-state index in [1.165, 1.54) is 10.0 Å². The summed E-state index contributed by atoms with van der Waals surface area (Å²) < 4.78 is 0. The summed E-state index contributed by atoms with van der Waals surface area (Å²) in [5, 5.41) is 12.2. The van der Waals surface area contributed by atoms with Gasteiger partial charge in [-0.05, 0) is 29.8 Å². The molecular formula is C31H22N4O2. The maximum absolute atomic E-state index is 13.8. The Morgan fingerprint density at radius 1 is 0.568 bits per heavy atom. The van der Waals surface area contributed by atoms with Crippen molar-refractivity contribution in [2.75, 3.05) is 10.0 Å². The molecule has 0 bridgehead atoms. The fraction of sp³-hybridized carbons (Fsp3) is 0.0323. The van der Waals surface area contributed by atoms with Crippen LogP contribution in [0.3, 0.4) is 0 Å². The molecule has 2 heterocycles. The molecule has 2 aliphatic heterocycles. The summed E-state index contributed by atoms with van der Waals surface area (Å²) in [7, 11) is 0. The first kappa shape index (κ1) is 22.4. The van der Waals surface area contributed by atoms with E-state index in [2.05, 4.69) is 0 Å². The lowest BCUT2D eigenvalue weighted by molar-refractivity contribution is -0.118. The van der Waals surface area contributed by atoms with Crippen molar-refractivity contribution >= 4 is 34.6 Å². The van der Waals surface area contributed by atoms with Crippen LogP contribution >= 0.6 is 0 Å². The number of carbonyl (C=O) groups excluding carboxylic acids is 2. The Labute approximate surface area is 214 Å². The molecule has 178 valence electrons. The zero-order chi connectivity index (χ0) is 25.2. The lowest BCUT2D eigenvalue weighted by Gasteiger charge is -2.14. The lowest BCUT2D eigenvalue weighted by atomic mass is 9.92. The van der Waals surface area contributed by atoms with Crippen molar-refractivity contribution in [2.45, 2.75) is 0 Å². The summed E-state index contributed by atoms with van der Waals surface area (Å²) in [6.07, 6.45) is 1.72. The Kier molecular flexibility index (Phi) is 5.75. The molecule has 37 heavy (non-hydrogen) atoms. The molecule has 0 saturated carbocycles. The first-order valence-electron chi connectivity index (χ1n) is 12.0. The molecule has 0 radical (unpaired) electrons. The minimum Gasteiger partial charge on any atom is -0.271 e.